The molecule has 2 saturated heterocycles. The minimum absolute atomic E-state index is 0.0758. The van der Waals surface area contributed by atoms with Crippen LogP contribution in [0.5, 0.6) is 5.75 Å². The minimum Gasteiger partial charge on any atom is -0.507 e. The Labute approximate surface area is 113 Å². The van der Waals surface area contributed by atoms with Gasteiger partial charge in [-0.15, -0.1) is 0 Å². The number of benzene rings is 1. The van der Waals surface area contributed by atoms with Gasteiger partial charge in [-0.05, 0) is 53.4 Å². The molecule has 3 atom stereocenters. The van der Waals surface area contributed by atoms with Gasteiger partial charge in [-0.1, -0.05) is 0 Å². The summed E-state index contributed by atoms with van der Waals surface area (Å²) in [5, 5.41) is 12.5. The third-order valence-corrected chi connectivity index (χ3v) is 4.30. The molecule has 3 rings (SSSR count). The van der Waals surface area contributed by atoms with Crippen molar-refractivity contribution in [3.8, 4) is 5.75 Å². The van der Waals surface area contributed by atoms with Crippen molar-refractivity contribution < 1.29 is 14.6 Å². The number of phenolic OH excluding ortho intramolecular Hbond substituents is 1. The molecule has 2 N–H and O–H groups in total. The molecular formula is C13H14BrNO3. The first-order chi connectivity index (χ1) is 8.63. The fourth-order valence-electron chi connectivity index (χ4n) is 2.70. The SMILES string of the molecule is O=C(NC1CC2CCC1O2)c1ccc(Br)c(O)c1. The fourth-order valence-corrected chi connectivity index (χ4v) is 2.94. The van der Waals surface area contributed by atoms with E-state index in [4.69, 9.17) is 4.74 Å². The van der Waals surface area contributed by atoms with E-state index in [2.05, 4.69) is 21.2 Å². The maximum Gasteiger partial charge on any atom is 0.251 e. The summed E-state index contributed by atoms with van der Waals surface area (Å²) in [6, 6.07) is 4.93. The summed E-state index contributed by atoms with van der Waals surface area (Å²) in [4.78, 5) is 12.0. The first-order valence-electron chi connectivity index (χ1n) is 6.08. The monoisotopic (exact) mass is 311 g/mol. The van der Waals surface area contributed by atoms with Gasteiger partial charge in [0.2, 0.25) is 0 Å². The Morgan fingerprint density at radius 2 is 2.28 bits per heavy atom. The number of fused-ring (bicyclic) bond motifs is 2. The van der Waals surface area contributed by atoms with Gasteiger partial charge < -0.3 is 15.2 Å². The molecule has 2 heterocycles. The van der Waals surface area contributed by atoms with Crippen LogP contribution < -0.4 is 5.32 Å². The van der Waals surface area contributed by atoms with Crippen molar-refractivity contribution in [3.05, 3.63) is 28.2 Å². The predicted octanol–water partition coefficient (Wildman–Crippen LogP) is 2.20. The largest absolute Gasteiger partial charge is 0.507 e. The number of halogens is 1. The predicted molar refractivity (Wildman–Crippen MR) is 69.6 cm³/mol. The zero-order chi connectivity index (χ0) is 12.7. The molecule has 3 unspecified atom stereocenters. The summed E-state index contributed by atoms with van der Waals surface area (Å²) < 4.78 is 6.28. The van der Waals surface area contributed by atoms with Crippen LogP contribution in [0.1, 0.15) is 29.6 Å². The second-order valence-corrected chi connectivity index (χ2v) is 5.71. The van der Waals surface area contributed by atoms with Gasteiger partial charge in [0.25, 0.3) is 5.91 Å². The summed E-state index contributed by atoms with van der Waals surface area (Å²) in [6.07, 6.45) is 3.53. The number of ether oxygens (including phenoxy) is 1. The van der Waals surface area contributed by atoms with E-state index in [1.807, 2.05) is 0 Å². The second-order valence-electron chi connectivity index (χ2n) is 4.86. The molecule has 4 nitrogen and oxygen atoms in total. The second kappa shape index (κ2) is 4.55. The standard InChI is InChI=1S/C13H14BrNO3/c14-9-3-1-7(5-11(9)16)13(17)15-10-6-8-2-4-12(10)18-8/h1,3,5,8,10,12,16H,2,4,6H2,(H,15,17). The van der Waals surface area contributed by atoms with Crippen LogP contribution in [0.3, 0.4) is 0 Å². The normalized spacial score (nSPS) is 29.5. The Bertz CT molecular complexity index is 491. The zero-order valence-electron chi connectivity index (χ0n) is 9.73. The van der Waals surface area contributed by atoms with E-state index in [0.717, 1.165) is 19.3 Å². The Hall–Kier alpha value is -1.07. The van der Waals surface area contributed by atoms with Crippen LogP contribution in [-0.2, 0) is 4.74 Å². The van der Waals surface area contributed by atoms with Crippen LogP contribution in [0.15, 0.2) is 22.7 Å². The van der Waals surface area contributed by atoms with Gasteiger partial charge in [-0.2, -0.15) is 0 Å². The van der Waals surface area contributed by atoms with E-state index in [1.165, 1.54) is 6.07 Å². The van der Waals surface area contributed by atoms with Gasteiger partial charge in [-0.25, -0.2) is 0 Å². The van der Waals surface area contributed by atoms with Gasteiger partial charge in [0.05, 0.1) is 22.7 Å². The summed E-state index contributed by atoms with van der Waals surface area (Å²) in [7, 11) is 0. The number of hydrogen-bond acceptors (Lipinski definition) is 3. The average molecular weight is 312 g/mol. The van der Waals surface area contributed by atoms with Gasteiger partial charge in [0.1, 0.15) is 5.75 Å². The quantitative estimate of drug-likeness (QED) is 0.880. The third kappa shape index (κ3) is 2.12. The number of carbonyl (C=O) groups excluding carboxylic acids is 1. The summed E-state index contributed by atoms with van der Waals surface area (Å²) in [6.45, 7) is 0. The van der Waals surface area contributed by atoms with Crippen molar-refractivity contribution in [1.29, 1.82) is 0 Å². The number of hydrogen-bond donors (Lipinski definition) is 2. The topological polar surface area (TPSA) is 58.6 Å². The van der Waals surface area contributed by atoms with Crippen LogP contribution in [0.2, 0.25) is 0 Å². The molecule has 1 aromatic rings. The molecule has 2 fully saturated rings. The maximum atomic E-state index is 12.0. The smallest absolute Gasteiger partial charge is 0.251 e. The summed E-state index contributed by atoms with van der Waals surface area (Å²) in [5.74, 6) is -0.0780. The summed E-state index contributed by atoms with van der Waals surface area (Å²) in [5.41, 5.74) is 0.471. The highest BCUT2D eigenvalue weighted by Gasteiger charge is 2.41. The molecule has 0 spiro atoms. The highest BCUT2D eigenvalue weighted by molar-refractivity contribution is 9.10. The molecule has 0 radical (unpaired) electrons. The highest BCUT2D eigenvalue weighted by atomic mass is 79.9. The third-order valence-electron chi connectivity index (χ3n) is 3.63. The zero-order valence-corrected chi connectivity index (χ0v) is 11.3. The van der Waals surface area contributed by atoms with Crippen LogP contribution in [0.4, 0.5) is 0 Å². The molecule has 0 aliphatic carbocycles. The molecule has 2 aliphatic heterocycles. The molecule has 18 heavy (non-hydrogen) atoms. The number of rotatable bonds is 2. The molecule has 0 saturated carbocycles. The van der Waals surface area contributed by atoms with Crippen LogP contribution >= 0.6 is 15.9 Å². The molecule has 0 aromatic heterocycles. The van der Waals surface area contributed by atoms with Crippen LogP contribution in [-0.4, -0.2) is 29.3 Å². The number of amides is 1. The molecule has 2 aliphatic rings. The first kappa shape index (κ1) is 12.0. The van der Waals surface area contributed by atoms with E-state index >= 15 is 0 Å². The number of carbonyl (C=O) groups is 1. The lowest BCUT2D eigenvalue weighted by Crippen LogP contribution is -2.41. The maximum absolute atomic E-state index is 12.0. The average Bonchev–Trinajstić information content (AvgIpc) is 2.94. The van der Waals surface area contributed by atoms with E-state index in [9.17, 15) is 9.90 Å². The molecular weight excluding hydrogens is 298 g/mol. The molecule has 1 aromatic carbocycles. The lowest BCUT2D eigenvalue weighted by Gasteiger charge is -2.20. The Morgan fingerprint density at radius 1 is 1.44 bits per heavy atom. The van der Waals surface area contributed by atoms with Crippen molar-refractivity contribution in [2.24, 2.45) is 0 Å². The lowest BCUT2D eigenvalue weighted by molar-refractivity contribution is 0.0840. The van der Waals surface area contributed by atoms with Crippen molar-refractivity contribution >= 4 is 21.8 Å². The van der Waals surface area contributed by atoms with E-state index in [1.54, 1.807) is 12.1 Å². The van der Waals surface area contributed by atoms with Crippen molar-refractivity contribution in [1.82, 2.24) is 5.32 Å². The minimum atomic E-state index is -0.154. The highest BCUT2D eigenvalue weighted by Crippen LogP contribution is 2.34. The van der Waals surface area contributed by atoms with E-state index < -0.39 is 0 Å². The van der Waals surface area contributed by atoms with E-state index in [-0.39, 0.29) is 23.8 Å². The first-order valence-corrected chi connectivity index (χ1v) is 6.87. The van der Waals surface area contributed by atoms with Gasteiger partial charge in [0, 0.05) is 5.56 Å². The Balaban J connectivity index is 1.69. The van der Waals surface area contributed by atoms with Crippen LogP contribution in [0, 0.1) is 0 Å². The fraction of sp³-hybridized carbons (Fsp3) is 0.462. The van der Waals surface area contributed by atoms with Gasteiger partial charge in [-0.3, -0.25) is 4.79 Å². The number of nitrogens with one attached hydrogen (secondary N) is 1. The van der Waals surface area contributed by atoms with E-state index in [0.29, 0.717) is 16.1 Å². The van der Waals surface area contributed by atoms with Crippen molar-refractivity contribution in [2.75, 3.05) is 0 Å². The number of phenols is 1. The van der Waals surface area contributed by atoms with Crippen molar-refractivity contribution in [3.63, 3.8) is 0 Å². The molecule has 2 bridgehead atoms. The Morgan fingerprint density at radius 3 is 2.89 bits per heavy atom. The molecule has 96 valence electrons. The lowest BCUT2D eigenvalue weighted by atomic mass is 9.95. The number of aromatic hydroxyl groups is 1. The summed E-state index contributed by atoms with van der Waals surface area (Å²) >= 11 is 3.19. The van der Waals surface area contributed by atoms with Gasteiger partial charge in [0.15, 0.2) is 0 Å². The molecule has 5 heteroatoms. The van der Waals surface area contributed by atoms with Crippen molar-refractivity contribution in [2.45, 2.75) is 37.5 Å². The van der Waals surface area contributed by atoms with Crippen LogP contribution in [0.25, 0.3) is 0 Å². The van der Waals surface area contributed by atoms with Gasteiger partial charge >= 0.3 is 0 Å². The molecule has 1 amide bonds. The Kier molecular flexibility index (Phi) is 3.03.